The van der Waals surface area contributed by atoms with Gasteiger partial charge < -0.3 is 15.2 Å². The van der Waals surface area contributed by atoms with Crippen LogP contribution in [0.5, 0.6) is 5.75 Å². The van der Waals surface area contributed by atoms with E-state index in [4.69, 9.17) is 21.4 Å². The van der Waals surface area contributed by atoms with Gasteiger partial charge in [-0.15, -0.1) is 0 Å². The van der Waals surface area contributed by atoms with Crippen LogP contribution in [0.15, 0.2) is 48.5 Å². The molecule has 0 atom stereocenters. The summed E-state index contributed by atoms with van der Waals surface area (Å²) in [6, 6.07) is 14.3. The Morgan fingerprint density at radius 2 is 1.86 bits per heavy atom. The van der Waals surface area contributed by atoms with E-state index < -0.39 is 0 Å². The lowest BCUT2D eigenvalue weighted by Gasteiger charge is -2.08. The summed E-state index contributed by atoms with van der Waals surface area (Å²) in [4.78, 5) is 11.7. The molecule has 0 spiro atoms. The number of rotatable bonds is 6. The predicted molar refractivity (Wildman–Crippen MR) is 81.6 cm³/mol. The van der Waals surface area contributed by atoms with E-state index in [9.17, 15) is 4.79 Å². The molecule has 2 aromatic carbocycles. The zero-order valence-electron chi connectivity index (χ0n) is 11.4. The van der Waals surface area contributed by atoms with Crippen LogP contribution in [0.1, 0.15) is 15.9 Å². The normalized spacial score (nSPS) is 10.2. The average molecular weight is 306 g/mol. The van der Waals surface area contributed by atoms with Crippen molar-refractivity contribution < 1.29 is 14.6 Å². The summed E-state index contributed by atoms with van der Waals surface area (Å²) in [6.45, 7) is 0.532. The molecule has 0 unspecified atom stereocenters. The van der Waals surface area contributed by atoms with Crippen LogP contribution < -0.4 is 10.1 Å². The Kier molecular flexibility index (Phi) is 5.60. The highest BCUT2D eigenvalue weighted by molar-refractivity contribution is 6.31. The van der Waals surface area contributed by atoms with Crippen molar-refractivity contribution in [2.75, 3.05) is 13.2 Å². The van der Waals surface area contributed by atoms with E-state index in [0.29, 0.717) is 22.9 Å². The summed E-state index contributed by atoms with van der Waals surface area (Å²) in [5.41, 5.74) is 1.43. The molecule has 0 fully saturated rings. The standard InChI is InChI=1S/C16H16ClNO3/c17-15-4-2-1-3-13(15)11-21-14-7-5-12(6-8-14)16(20)18-9-10-19/h1-8,19H,9-11H2,(H,18,20). The molecule has 2 rings (SSSR count). The fraction of sp³-hybridized carbons (Fsp3) is 0.188. The molecular formula is C16H16ClNO3. The van der Waals surface area contributed by atoms with Crippen LogP contribution in [0.25, 0.3) is 0 Å². The third kappa shape index (κ3) is 4.48. The van der Waals surface area contributed by atoms with Crippen molar-refractivity contribution in [2.45, 2.75) is 6.61 Å². The predicted octanol–water partition coefficient (Wildman–Crippen LogP) is 2.64. The molecule has 5 heteroatoms. The molecule has 2 N–H and O–H groups in total. The van der Waals surface area contributed by atoms with E-state index in [0.717, 1.165) is 5.56 Å². The van der Waals surface area contributed by atoms with Crippen LogP contribution in [-0.4, -0.2) is 24.2 Å². The summed E-state index contributed by atoms with van der Waals surface area (Å²) in [5, 5.41) is 11.9. The maximum Gasteiger partial charge on any atom is 0.251 e. The van der Waals surface area contributed by atoms with Gasteiger partial charge in [0.25, 0.3) is 5.91 Å². The maximum atomic E-state index is 11.7. The van der Waals surface area contributed by atoms with Crippen molar-refractivity contribution in [3.8, 4) is 5.75 Å². The second kappa shape index (κ2) is 7.67. The second-order valence-corrected chi connectivity index (χ2v) is 4.79. The zero-order chi connectivity index (χ0) is 15.1. The topological polar surface area (TPSA) is 58.6 Å². The van der Waals surface area contributed by atoms with Gasteiger partial charge in [-0.1, -0.05) is 29.8 Å². The molecule has 0 heterocycles. The lowest BCUT2D eigenvalue weighted by molar-refractivity contribution is 0.0944. The number of nitrogens with one attached hydrogen (secondary N) is 1. The zero-order valence-corrected chi connectivity index (χ0v) is 12.1. The molecule has 0 aromatic heterocycles. The van der Waals surface area contributed by atoms with Crippen molar-refractivity contribution in [1.82, 2.24) is 5.32 Å². The maximum absolute atomic E-state index is 11.7. The average Bonchev–Trinajstić information content (AvgIpc) is 2.52. The van der Waals surface area contributed by atoms with E-state index in [1.807, 2.05) is 24.3 Å². The molecular weight excluding hydrogens is 290 g/mol. The minimum absolute atomic E-state index is 0.0786. The SMILES string of the molecule is O=C(NCCO)c1ccc(OCc2ccccc2Cl)cc1. The molecule has 0 aliphatic heterocycles. The highest BCUT2D eigenvalue weighted by Gasteiger charge is 2.05. The smallest absolute Gasteiger partial charge is 0.251 e. The van der Waals surface area contributed by atoms with Gasteiger partial charge >= 0.3 is 0 Å². The van der Waals surface area contributed by atoms with Gasteiger partial charge in [0.1, 0.15) is 12.4 Å². The van der Waals surface area contributed by atoms with Crippen molar-refractivity contribution >= 4 is 17.5 Å². The van der Waals surface area contributed by atoms with Crippen molar-refractivity contribution in [1.29, 1.82) is 0 Å². The Hall–Kier alpha value is -2.04. The number of amides is 1. The third-order valence-corrected chi connectivity index (χ3v) is 3.23. The Morgan fingerprint density at radius 1 is 1.14 bits per heavy atom. The van der Waals surface area contributed by atoms with E-state index in [1.165, 1.54) is 0 Å². The van der Waals surface area contributed by atoms with Gasteiger partial charge in [0.15, 0.2) is 0 Å². The van der Waals surface area contributed by atoms with Gasteiger partial charge in [0, 0.05) is 22.7 Å². The molecule has 0 aliphatic rings. The quantitative estimate of drug-likeness (QED) is 0.862. The highest BCUT2D eigenvalue weighted by Crippen LogP contribution is 2.18. The lowest BCUT2D eigenvalue weighted by atomic mass is 10.2. The van der Waals surface area contributed by atoms with Gasteiger partial charge in [-0.25, -0.2) is 0 Å². The Morgan fingerprint density at radius 3 is 2.52 bits per heavy atom. The number of aliphatic hydroxyl groups excluding tert-OH is 1. The van der Waals surface area contributed by atoms with E-state index >= 15 is 0 Å². The Labute approximate surface area is 128 Å². The first-order chi connectivity index (χ1) is 10.2. The number of aliphatic hydroxyl groups is 1. The number of halogens is 1. The molecule has 0 saturated heterocycles. The minimum Gasteiger partial charge on any atom is -0.489 e. The van der Waals surface area contributed by atoms with Crippen LogP contribution in [0.3, 0.4) is 0 Å². The monoisotopic (exact) mass is 305 g/mol. The molecule has 0 radical (unpaired) electrons. The largest absolute Gasteiger partial charge is 0.489 e. The summed E-state index contributed by atoms with van der Waals surface area (Å²) < 4.78 is 5.63. The van der Waals surface area contributed by atoms with E-state index in [1.54, 1.807) is 24.3 Å². The number of carbonyl (C=O) groups is 1. The molecule has 0 saturated carbocycles. The number of benzene rings is 2. The van der Waals surface area contributed by atoms with Crippen LogP contribution in [0, 0.1) is 0 Å². The van der Waals surface area contributed by atoms with Gasteiger partial charge in [0.2, 0.25) is 0 Å². The van der Waals surface area contributed by atoms with Crippen LogP contribution >= 0.6 is 11.6 Å². The Balaban J connectivity index is 1.93. The second-order valence-electron chi connectivity index (χ2n) is 4.38. The summed E-state index contributed by atoms with van der Waals surface area (Å²) >= 11 is 6.05. The van der Waals surface area contributed by atoms with E-state index in [2.05, 4.69) is 5.32 Å². The molecule has 4 nitrogen and oxygen atoms in total. The molecule has 110 valence electrons. The lowest BCUT2D eigenvalue weighted by Crippen LogP contribution is -2.26. The molecule has 0 aliphatic carbocycles. The van der Waals surface area contributed by atoms with Crippen LogP contribution in [0.4, 0.5) is 0 Å². The fourth-order valence-corrected chi connectivity index (χ4v) is 1.94. The van der Waals surface area contributed by atoms with Gasteiger partial charge in [-0.3, -0.25) is 4.79 Å². The summed E-state index contributed by atoms with van der Waals surface area (Å²) in [5.74, 6) is 0.440. The van der Waals surface area contributed by atoms with Crippen molar-refractivity contribution in [2.24, 2.45) is 0 Å². The molecule has 1 amide bonds. The Bertz CT molecular complexity index is 599. The van der Waals surface area contributed by atoms with Crippen LogP contribution in [0.2, 0.25) is 5.02 Å². The number of ether oxygens (including phenoxy) is 1. The fourth-order valence-electron chi connectivity index (χ4n) is 1.75. The molecule has 0 bridgehead atoms. The molecule has 2 aromatic rings. The number of hydrogen-bond donors (Lipinski definition) is 2. The number of carbonyl (C=O) groups excluding carboxylic acids is 1. The van der Waals surface area contributed by atoms with Gasteiger partial charge in [-0.05, 0) is 30.3 Å². The number of hydrogen-bond acceptors (Lipinski definition) is 3. The van der Waals surface area contributed by atoms with Crippen LogP contribution in [-0.2, 0) is 6.61 Å². The highest BCUT2D eigenvalue weighted by atomic mass is 35.5. The minimum atomic E-state index is -0.221. The van der Waals surface area contributed by atoms with Gasteiger partial charge in [0.05, 0.1) is 6.61 Å². The van der Waals surface area contributed by atoms with Crippen molar-refractivity contribution in [3.05, 3.63) is 64.7 Å². The summed E-state index contributed by atoms with van der Waals surface area (Å²) in [6.07, 6.45) is 0. The van der Waals surface area contributed by atoms with Gasteiger partial charge in [-0.2, -0.15) is 0 Å². The first-order valence-electron chi connectivity index (χ1n) is 6.56. The first kappa shape index (κ1) is 15.4. The van der Waals surface area contributed by atoms with E-state index in [-0.39, 0.29) is 19.1 Å². The first-order valence-corrected chi connectivity index (χ1v) is 6.94. The third-order valence-electron chi connectivity index (χ3n) is 2.87. The molecule has 21 heavy (non-hydrogen) atoms. The summed E-state index contributed by atoms with van der Waals surface area (Å²) in [7, 11) is 0. The van der Waals surface area contributed by atoms with Crippen molar-refractivity contribution in [3.63, 3.8) is 0 Å².